The maximum Gasteiger partial charge on any atom is 0.272 e. The van der Waals surface area contributed by atoms with Crippen LogP contribution in [0.1, 0.15) is 35.2 Å². The van der Waals surface area contributed by atoms with Crippen LogP contribution in [0.25, 0.3) is 11.3 Å². The van der Waals surface area contributed by atoms with Crippen molar-refractivity contribution in [2.75, 3.05) is 13.1 Å². The van der Waals surface area contributed by atoms with E-state index in [1.807, 2.05) is 41.2 Å². The number of aromatic amines is 1. The van der Waals surface area contributed by atoms with Crippen molar-refractivity contribution in [3.05, 3.63) is 60.3 Å². The van der Waals surface area contributed by atoms with Gasteiger partial charge in [-0.15, -0.1) is 0 Å². The molecule has 0 radical (unpaired) electrons. The fourth-order valence-corrected chi connectivity index (χ4v) is 3.19. The zero-order chi connectivity index (χ0) is 17.8. The average Bonchev–Trinajstić information content (AvgIpc) is 3.37. The minimum Gasteiger partial charge on any atom is -0.343 e. The Hall–Kier alpha value is -2.93. The molecular weight excluding hydrogens is 328 g/mol. The van der Waals surface area contributed by atoms with E-state index < -0.39 is 0 Å². The Kier molecular flexibility index (Phi) is 4.79. The van der Waals surface area contributed by atoms with Gasteiger partial charge in [-0.2, -0.15) is 5.10 Å². The van der Waals surface area contributed by atoms with Crippen LogP contribution < -0.4 is 10.6 Å². The van der Waals surface area contributed by atoms with Crippen LogP contribution in [0.4, 0.5) is 0 Å². The first-order valence-corrected chi connectivity index (χ1v) is 8.93. The van der Waals surface area contributed by atoms with E-state index in [4.69, 9.17) is 0 Å². The largest absolute Gasteiger partial charge is 0.343 e. The lowest BCUT2D eigenvalue weighted by molar-refractivity contribution is 0.0943. The molecule has 26 heavy (non-hydrogen) atoms. The Bertz CT molecular complexity index is 863. The Morgan fingerprint density at radius 1 is 1.27 bits per heavy atom. The van der Waals surface area contributed by atoms with Crippen molar-refractivity contribution in [2.24, 2.45) is 0 Å². The number of amides is 1. The Balaban J connectivity index is 1.35. The van der Waals surface area contributed by atoms with E-state index in [1.165, 1.54) is 0 Å². The predicted octanol–water partition coefficient (Wildman–Crippen LogP) is 2.13. The van der Waals surface area contributed by atoms with Gasteiger partial charge in [0.15, 0.2) is 0 Å². The quantitative estimate of drug-likeness (QED) is 0.658. The molecule has 2 aromatic heterocycles. The van der Waals surface area contributed by atoms with Gasteiger partial charge in [-0.05, 0) is 31.0 Å². The summed E-state index contributed by atoms with van der Waals surface area (Å²) in [7, 11) is 0. The zero-order valence-corrected chi connectivity index (χ0v) is 14.5. The van der Waals surface area contributed by atoms with Gasteiger partial charge in [-0.25, -0.2) is 4.98 Å². The van der Waals surface area contributed by atoms with E-state index in [0.29, 0.717) is 24.1 Å². The van der Waals surface area contributed by atoms with Gasteiger partial charge in [0.25, 0.3) is 5.91 Å². The first kappa shape index (κ1) is 16.5. The molecule has 1 unspecified atom stereocenters. The first-order valence-electron chi connectivity index (χ1n) is 8.93. The van der Waals surface area contributed by atoms with Crippen molar-refractivity contribution in [3.63, 3.8) is 0 Å². The van der Waals surface area contributed by atoms with Gasteiger partial charge in [0, 0.05) is 12.7 Å². The molecule has 0 spiro atoms. The zero-order valence-electron chi connectivity index (χ0n) is 14.5. The second-order valence-electron chi connectivity index (χ2n) is 6.47. The number of hydrogen-bond acceptors (Lipinski definition) is 4. The maximum absolute atomic E-state index is 12.3. The third-order valence-electron chi connectivity index (χ3n) is 4.62. The van der Waals surface area contributed by atoms with Crippen LogP contribution in [0.3, 0.4) is 0 Å². The third-order valence-corrected chi connectivity index (χ3v) is 4.62. The lowest BCUT2D eigenvalue weighted by atomic mass is 10.1. The summed E-state index contributed by atoms with van der Waals surface area (Å²) < 4.78 is 1.89. The number of carbonyl (C=O) groups is 1. The van der Waals surface area contributed by atoms with Gasteiger partial charge >= 0.3 is 0 Å². The summed E-state index contributed by atoms with van der Waals surface area (Å²) in [5, 5.41) is 10.7. The molecule has 1 fully saturated rings. The van der Waals surface area contributed by atoms with E-state index in [1.54, 1.807) is 12.3 Å². The maximum atomic E-state index is 12.3. The first-order chi connectivity index (χ1) is 12.8. The highest BCUT2D eigenvalue weighted by Crippen LogP contribution is 2.17. The molecule has 0 bridgehead atoms. The topological polar surface area (TPSA) is 87.6 Å². The number of aromatic nitrogens is 4. The number of rotatable bonds is 5. The summed E-state index contributed by atoms with van der Waals surface area (Å²) in [4.78, 5) is 19.9. The molecular formula is C19H22N6O. The molecule has 1 aliphatic rings. The summed E-state index contributed by atoms with van der Waals surface area (Å²) in [6.45, 7) is 2.29. The summed E-state index contributed by atoms with van der Waals surface area (Å²) in [6, 6.07) is 12.1. The fraction of sp³-hybridized carbons (Fsp3) is 0.316. The van der Waals surface area contributed by atoms with Crippen LogP contribution in [0.5, 0.6) is 0 Å². The fourth-order valence-electron chi connectivity index (χ4n) is 3.19. The van der Waals surface area contributed by atoms with Gasteiger partial charge in [-0.1, -0.05) is 30.3 Å². The number of benzene rings is 1. The molecule has 0 saturated carbocycles. The molecule has 1 atom stereocenters. The molecule has 4 rings (SSSR count). The van der Waals surface area contributed by atoms with Crippen molar-refractivity contribution >= 4 is 5.91 Å². The second-order valence-corrected chi connectivity index (χ2v) is 6.47. The van der Waals surface area contributed by atoms with E-state index >= 15 is 0 Å². The molecule has 1 amide bonds. The van der Waals surface area contributed by atoms with Crippen molar-refractivity contribution < 1.29 is 4.79 Å². The molecule has 0 aliphatic carbocycles. The highest BCUT2D eigenvalue weighted by molar-refractivity contribution is 5.92. The summed E-state index contributed by atoms with van der Waals surface area (Å²) in [5.74, 6) is 0.526. The van der Waals surface area contributed by atoms with Crippen molar-refractivity contribution in [1.29, 1.82) is 0 Å². The summed E-state index contributed by atoms with van der Waals surface area (Å²) >= 11 is 0. The van der Waals surface area contributed by atoms with Crippen LogP contribution in [0.15, 0.2) is 48.8 Å². The normalized spacial score (nSPS) is 17.2. The Labute approximate surface area is 151 Å². The Morgan fingerprint density at radius 3 is 2.96 bits per heavy atom. The van der Waals surface area contributed by atoms with E-state index in [-0.39, 0.29) is 5.91 Å². The number of H-pyrrole nitrogens is 1. The third kappa shape index (κ3) is 3.67. The molecule has 3 N–H and O–H groups in total. The minimum atomic E-state index is -0.190. The molecule has 1 saturated heterocycles. The number of nitrogens with zero attached hydrogens (tertiary/aromatic N) is 3. The second kappa shape index (κ2) is 7.53. The lowest BCUT2D eigenvalue weighted by Gasteiger charge is -2.22. The number of imidazole rings is 1. The average molecular weight is 350 g/mol. The molecule has 1 aromatic carbocycles. The smallest absolute Gasteiger partial charge is 0.272 e. The van der Waals surface area contributed by atoms with Gasteiger partial charge in [-0.3, -0.25) is 9.48 Å². The number of carbonyl (C=O) groups excluding carboxylic acids is 1. The molecule has 7 heteroatoms. The van der Waals surface area contributed by atoms with Crippen LogP contribution in [0.2, 0.25) is 0 Å². The van der Waals surface area contributed by atoms with Gasteiger partial charge < -0.3 is 15.6 Å². The van der Waals surface area contributed by atoms with Crippen molar-refractivity contribution in [2.45, 2.75) is 25.4 Å². The SMILES string of the molecule is O=C(NCc1ncc(-c2ccccc2)[nH]1)c1ccn(C2CCCNC2)n1. The van der Waals surface area contributed by atoms with Crippen LogP contribution in [-0.2, 0) is 6.54 Å². The molecule has 134 valence electrons. The molecule has 3 aromatic rings. The predicted molar refractivity (Wildman–Crippen MR) is 98.6 cm³/mol. The summed E-state index contributed by atoms with van der Waals surface area (Å²) in [5.41, 5.74) is 2.44. The number of hydrogen-bond donors (Lipinski definition) is 3. The van der Waals surface area contributed by atoms with Crippen molar-refractivity contribution in [3.8, 4) is 11.3 Å². The van der Waals surface area contributed by atoms with Crippen molar-refractivity contribution in [1.82, 2.24) is 30.4 Å². The van der Waals surface area contributed by atoms with E-state index in [9.17, 15) is 4.79 Å². The van der Waals surface area contributed by atoms with Gasteiger partial charge in [0.1, 0.15) is 11.5 Å². The van der Waals surface area contributed by atoms with Crippen LogP contribution in [0, 0.1) is 0 Å². The van der Waals surface area contributed by atoms with Gasteiger partial charge in [0.2, 0.25) is 0 Å². The number of piperidine rings is 1. The Morgan fingerprint density at radius 2 is 2.15 bits per heavy atom. The highest BCUT2D eigenvalue weighted by atomic mass is 16.1. The standard InChI is InChI=1S/C19H22N6O/c26-19(16-8-10-25(24-16)15-7-4-9-20-11-15)22-13-18-21-12-17(23-18)14-5-2-1-3-6-14/h1-3,5-6,8,10,12,15,20H,4,7,9,11,13H2,(H,21,23)(H,22,26). The monoisotopic (exact) mass is 350 g/mol. The van der Waals surface area contributed by atoms with Crippen LogP contribution >= 0.6 is 0 Å². The molecule has 7 nitrogen and oxygen atoms in total. The number of nitrogens with one attached hydrogen (secondary N) is 3. The minimum absolute atomic E-state index is 0.190. The molecule has 3 heterocycles. The van der Waals surface area contributed by atoms with E-state index in [0.717, 1.165) is 37.2 Å². The van der Waals surface area contributed by atoms with Crippen LogP contribution in [-0.4, -0.2) is 38.7 Å². The summed E-state index contributed by atoms with van der Waals surface area (Å²) in [6.07, 6.45) is 5.88. The van der Waals surface area contributed by atoms with E-state index in [2.05, 4.69) is 25.7 Å². The highest BCUT2D eigenvalue weighted by Gasteiger charge is 2.17. The lowest BCUT2D eigenvalue weighted by Crippen LogP contribution is -2.32. The van der Waals surface area contributed by atoms with Gasteiger partial charge in [0.05, 0.1) is 24.5 Å². The molecule has 1 aliphatic heterocycles.